The average molecular weight is 336 g/mol. The predicted octanol–water partition coefficient (Wildman–Crippen LogP) is 3.80. The van der Waals surface area contributed by atoms with E-state index in [9.17, 15) is 0 Å². The van der Waals surface area contributed by atoms with Crippen LogP contribution in [0.1, 0.15) is 5.56 Å². The maximum Gasteiger partial charge on any atom is 0.164 e. The number of hydrogen-bond donors (Lipinski definition) is 1. The van der Waals surface area contributed by atoms with Gasteiger partial charge in [-0.15, -0.1) is 11.6 Å². The number of aromatic nitrogens is 4. The second-order valence-electron chi connectivity index (χ2n) is 5.35. The Labute approximate surface area is 143 Å². The zero-order valence-corrected chi connectivity index (χ0v) is 13.5. The summed E-state index contributed by atoms with van der Waals surface area (Å²) in [5.41, 5.74) is 10.4. The number of rotatable bonds is 3. The number of alkyl halides is 1. The minimum Gasteiger partial charge on any atom is -0.383 e. The molecule has 0 amide bonds. The first-order valence-corrected chi connectivity index (χ1v) is 8.01. The summed E-state index contributed by atoms with van der Waals surface area (Å²) in [6.07, 6.45) is 3.42. The molecule has 0 aliphatic carbocycles. The van der Waals surface area contributed by atoms with Gasteiger partial charge in [0.1, 0.15) is 11.3 Å². The molecule has 6 heteroatoms. The van der Waals surface area contributed by atoms with Crippen LogP contribution in [0.25, 0.3) is 28.2 Å². The largest absolute Gasteiger partial charge is 0.383 e. The molecule has 118 valence electrons. The number of nitrogens with two attached hydrogens (primary N) is 1. The number of benzene rings is 1. The van der Waals surface area contributed by atoms with Crippen molar-refractivity contribution in [3.05, 3.63) is 66.5 Å². The molecule has 4 aromatic rings. The van der Waals surface area contributed by atoms with E-state index >= 15 is 0 Å². The minimum atomic E-state index is 0.437. The van der Waals surface area contributed by atoms with Crippen molar-refractivity contribution in [3.63, 3.8) is 0 Å². The fraction of sp³-hybridized carbons (Fsp3) is 0.0556. The molecule has 5 nitrogen and oxygen atoms in total. The molecule has 0 saturated carbocycles. The summed E-state index contributed by atoms with van der Waals surface area (Å²) in [6, 6.07) is 15.6. The summed E-state index contributed by atoms with van der Waals surface area (Å²) in [4.78, 5) is 13.4. The van der Waals surface area contributed by atoms with Crippen molar-refractivity contribution in [2.45, 2.75) is 5.88 Å². The van der Waals surface area contributed by atoms with Crippen molar-refractivity contribution >= 4 is 28.6 Å². The second kappa shape index (κ2) is 5.94. The number of nitrogens with zero attached hydrogens (tertiary/aromatic N) is 4. The van der Waals surface area contributed by atoms with E-state index in [2.05, 4.69) is 9.97 Å². The lowest BCUT2D eigenvalue weighted by molar-refractivity contribution is 1.07. The molecule has 0 bridgehead atoms. The Morgan fingerprint density at radius 3 is 2.46 bits per heavy atom. The maximum atomic E-state index is 6.06. The van der Waals surface area contributed by atoms with Gasteiger partial charge >= 0.3 is 0 Å². The van der Waals surface area contributed by atoms with Gasteiger partial charge in [0, 0.05) is 24.0 Å². The summed E-state index contributed by atoms with van der Waals surface area (Å²) in [6.45, 7) is 0. The molecule has 0 aliphatic heterocycles. The van der Waals surface area contributed by atoms with Gasteiger partial charge in [0.05, 0.1) is 5.56 Å². The molecule has 24 heavy (non-hydrogen) atoms. The summed E-state index contributed by atoms with van der Waals surface area (Å²) >= 11 is 5.89. The molecule has 3 heterocycles. The first-order valence-electron chi connectivity index (χ1n) is 7.47. The number of anilines is 1. The third-order valence-electron chi connectivity index (χ3n) is 3.84. The average Bonchev–Trinajstić information content (AvgIpc) is 3.01. The van der Waals surface area contributed by atoms with Gasteiger partial charge in [0.25, 0.3) is 0 Å². The van der Waals surface area contributed by atoms with Crippen molar-refractivity contribution in [1.29, 1.82) is 0 Å². The van der Waals surface area contributed by atoms with E-state index in [4.69, 9.17) is 22.3 Å². The van der Waals surface area contributed by atoms with Gasteiger partial charge in [-0.25, -0.2) is 15.0 Å². The van der Waals surface area contributed by atoms with Gasteiger partial charge in [-0.2, -0.15) is 0 Å². The molecule has 0 saturated heterocycles. The molecule has 0 atom stereocenters. The van der Waals surface area contributed by atoms with E-state index in [1.54, 1.807) is 12.4 Å². The normalized spacial score (nSPS) is 11.0. The van der Waals surface area contributed by atoms with E-state index < -0.39 is 0 Å². The van der Waals surface area contributed by atoms with Gasteiger partial charge in [0.15, 0.2) is 11.5 Å². The zero-order chi connectivity index (χ0) is 16.5. The first-order chi connectivity index (χ1) is 11.8. The molecule has 1 aromatic carbocycles. The van der Waals surface area contributed by atoms with Crippen LogP contribution in [0, 0.1) is 0 Å². The maximum absolute atomic E-state index is 6.06. The summed E-state index contributed by atoms with van der Waals surface area (Å²) in [5, 5.41) is 0. The van der Waals surface area contributed by atoms with Crippen LogP contribution in [0.5, 0.6) is 0 Å². The lowest BCUT2D eigenvalue weighted by Gasteiger charge is -2.10. The highest BCUT2D eigenvalue weighted by Gasteiger charge is 2.17. The smallest absolute Gasteiger partial charge is 0.164 e. The molecule has 0 radical (unpaired) electrons. The van der Waals surface area contributed by atoms with Gasteiger partial charge in [-0.3, -0.25) is 4.57 Å². The highest BCUT2D eigenvalue weighted by atomic mass is 35.5. The Kier molecular flexibility index (Phi) is 3.63. The minimum absolute atomic E-state index is 0.437. The summed E-state index contributed by atoms with van der Waals surface area (Å²) < 4.78 is 1.99. The van der Waals surface area contributed by atoms with Crippen molar-refractivity contribution in [1.82, 2.24) is 19.5 Å². The Hall–Kier alpha value is -2.92. The quantitative estimate of drug-likeness (QED) is 0.578. The number of imidazole rings is 1. The summed E-state index contributed by atoms with van der Waals surface area (Å²) in [5.74, 6) is 1.63. The third kappa shape index (κ3) is 2.39. The Bertz CT molecular complexity index is 1010. The van der Waals surface area contributed by atoms with Gasteiger partial charge in [-0.1, -0.05) is 12.1 Å². The van der Waals surface area contributed by atoms with Crippen LogP contribution in [0.3, 0.4) is 0 Å². The Morgan fingerprint density at radius 1 is 0.958 bits per heavy atom. The van der Waals surface area contributed by atoms with Crippen LogP contribution in [-0.2, 0) is 5.88 Å². The molecule has 0 unspecified atom stereocenters. The number of fused-ring (bicyclic) bond motifs is 1. The lowest BCUT2D eigenvalue weighted by Crippen LogP contribution is -2.01. The van der Waals surface area contributed by atoms with Crippen molar-refractivity contribution in [2.75, 3.05) is 5.73 Å². The monoisotopic (exact) mass is 335 g/mol. The predicted molar refractivity (Wildman–Crippen MR) is 96.1 cm³/mol. The van der Waals surface area contributed by atoms with Crippen LogP contribution < -0.4 is 5.73 Å². The van der Waals surface area contributed by atoms with Crippen molar-refractivity contribution in [2.24, 2.45) is 0 Å². The molecule has 0 spiro atoms. The highest BCUT2D eigenvalue weighted by molar-refractivity contribution is 6.17. The van der Waals surface area contributed by atoms with E-state index in [1.165, 1.54) is 0 Å². The third-order valence-corrected chi connectivity index (χ3v) is 4.15. The van der Waals surface area contributed by atoms with Crippen LogP contribution in [0.2, 0.25) is 0 Å². The van der Waals surface area contributed by atoms with Crippen LogP contribution in [0.4, 0.5) is 5.82 Å². The highest BCUT2D eigenvalue weighted by Crippen LogP contribution is 2.30. The Morgan fingerprint density at radius 2 is 1.71 bits per heavy atom. The number of nitrogen functional groups attached to an aromatic ring is 1. The molecule has 2 N–H and O–H groups in total. The fourth-order valence-electron chi connectivity index (χ4n) is 2.68. The topological polar surface area (TPSA) is 69.6 Å². The fourth-order valence-corrected chi connectivity index (χ4v) is 2.86. The molecular weight excluding hydrogens is 322 g/mol. The van der Waals surface area contributed by atoms with Crippen LogP contribution >= 0.6 is 11.6 Å². The lowest BCUT2D eigenvalue weighted by atomic mass is 10.2. The van der Waals surface area contributed by atoms with E-state index in [0.717, 1.165) is 28.0 Å². The van der Waals surface area contributed by atoms with Crippen LogP contribution in [0.15, 0.2) is 60.9 Å². The SMILES string of the molecule is Nc1ncccc1-c1nc2cccnc2n1-c1ccc(CCl)cc1. The van der Waals surface area contributed by atoms with Gasteiger partial charge in [-0.05, 0) is 42.0 Å². The van der Waals surface area contributed by atoms with Crippen molar-refractivity contribution in [3.8, 4) is 17.1 Å². The van der Waals surface area contributed by atoms with E-state index in [0.29, 0.717) is 17.5 Å². The van der Waals surface area contributed by atoms with Crippen LogP contribution in [-0.4, -0.2) is 19.5 Å². The first kappa shape index (κ1) is 14.7. The van der Waals surface area contributed by atoms with Crippen molar-refractivity contribution < 1.29 is 0 Å². The molecule has 4 rings (SSSR count). The molecule has 3 aromatic heterocycles. The number of pyridine rings is 2. The van der Waals surface area contributed by atoms with Gasteiger partial charge in [0.2, 0.25) is 0 Å². The van der Waals surface area contributed by atoms with E-state index in [1.807, 2.05) is 53.1 Å². The standard InChI is InChI=1S/C18H14ClN5/c19-11-12-5-7-13(8-6-12)24-17(14-3-1-9-21-16(14)20)23-15-4-2-10-22-18(15)24/h1-10H,11H2,(H2,20,21). The van der Waals surface area contributed by atoms with E-state index in [-0.39, 0.29) is 0 Å². The second-order valence-corrected chi connectivity index (χ2v) is 5.62. The number of halogens is 1. The molecular formula is C18H14ClN5. The number of hydrogen-bond acceptors (Lipinski definition) is 4. The Balaban J connectivity index is 2.01. The van der Waals surface area contributed by atoms with Gasteiger partial charge < -0.3 is 5.73 Å². The molecule has 0 fully saturated rings. The molecule has 0 aliphatic rings. The summed E-state index contributed by atoms with van der Waals surface area (Å²) in [7, 11) is 0. The zero-order valence-electron chi connectivity index (χ0n) is 12.7.